The minimum atomic E-state index is 0.0497. The number of amides is 1. The molecule has 132 valence electrons. The SMILES string of the molecule is Cc1nn(CCC(=O)N[C@H](C)CN(C(C)C)C(C)C)c(C)c1Cl. The molecule has 0 radical (unpaired) electrons. The van der Waals surface area contributed by atoms with Crippen molar-refractivity contribution in [2.75, 3.05) is 6.54 Å². The Morgan fingerprint density at radius 3 is 2.22 bits per heavy atom. The van der Waals surface area contributed by atoms with Crippen molar-refractivity contribution < 1.29 is 4.79 Å². The summed E-state index contributed by atoms with van der Waals surface area (Å²) in [5, 5.41) is 8.11. The second kappa shape index (κ2) is 8.69. The van der Waals surface area contributed by atoms with Crippen molar-refractivity contribution in [3.8, 4) is 0 Å². The fraction of sp³-hybridized carbons (Fsp3) is 0.765. The Morgan fingerprint density at radius 1 is 1.22 bits per heavy atom. The predicted molar refractivity (Wildman–Crippen MR) is 95.9 cm³/mol. The van der Waals surface area contributed by atoms with Gasteiger partial charge in [-0.25, -0.2) is 0 Å². The number of hydrogen-bond acceptors (Lipinski definition) is 3. The summed E-state index contributed by atoms with van der Waals surface area (Å²) in [6.45, 7) is 16.0. The van der Waals surface area contributed by atoms with Crippen molar-refractivity contribution in [3.05, 3.63) is 16.4 Å². The highest BCUT2D eigenvalue weighted by Gasteiger charge is 2.18. The fourth-order valence-electron chi connectivity index (χ4n) is 2.83. The normalized spacial score (nSPS) is 13.2. The molecule has 1 amide bonds. The molecular formula is C17H31ClN4O. The van der Waals surface area contributed by atoms with Gasteiger partial charge in [0.15, 0.2) is 0 Å². The molecular weight excluding hydrogens is 312 g/mol. The molecule has 1 atom stereocenters. The van der Waals surface area contributed by atoms with Gasteiger partial charge in [0.25, 0.3) is 0 Å². The highest BCUT2D eigenvalue weighted by atomic mass is 35.5. The molecule has 0 saturated carbocycles. The quantitative estimate of drug-likeness (QED) is 0.789. The average molecular weight is 343 g/mol. The van der Waals surface area contributed by atoms with Crippen LogP contribution in [0.5, 0.6) is 0 Å². The molecule has 0 aromatic carbocycles. The minimum absolute atomic E-state index is 0.0497. The largest absolute Gasteiger partial charge is 0.352 e. The number of carbonyl (C=O) groups excluding carboxylic acids is 1. The maximum absolute atomic E-state index is 12.1. The van der Waals surface area contributed by atoms with Crippen LogP contribution in [0.2, 0.25) is 5.02 Å². The molecule has 0 fully saturated rings. The van der Waals surface area contributed by atoms with Crippen LogP contribution in [0.15, 0.2) is 0 Å². The first-order valence-electron chi connectivity index (χ1n) is 8.38. The summed E-state index contributed by atoms with van der Waals surface area (Å²) in [4.78, 5) is 14.5. The van der Waals surface area contributed by atoms with Gasteiger partial charge in [-0.15, -0.1) is 0 Å². The van der Waals surface area contributed by atoms with Crippen LogP contribution in [0.4, 0.5) is 0 Å². The van der Waals surface area contributed by atoms with E-state index in [0.29, 0.717) is 30.1 Å². The summed E-state index contributed by atoms with van der Waals surface area (Å²) < 4.78 is 1.80. The molecule has 5 nitrogen and oxygen atoms in total. The van der Waals surface area contributed by atoms with E-state index in [2.05, 4.69) is 49.9 Å². The first-order valence-corrected chi connectivity index (χ1v) is 8.75. The van der Waals surface area contributed by atoms with E-state index in [-0.39, 0.29) is 11.9 Å². The van der Waals surface area contributed by atoms with E-state index in [1.165, 1.54) is 0 Å². The molecule has 0 saturated heterocycles. The van der Waals surface area contributed by atoms with E-state index in [1.54, 1.807) is 4.68 Å². The molecule has 0 aliphatic rings. The van der Waals surface area contributed by atoms with Gasteiger partial charge in [-0.2, -0.15) is 5.10 Å². The van der Waals surface area contributed by atoms with Gasteiger partial charge in [0.2, 0.25) is 5.91 Å². The van der Waals surface area contributed by atoms with E-state index in [0.717, 1.165) is 17.9 Å². The van der Waals surface area contributed by atoms with Crippen molar-refractivity contribution in [2.45, 2.75) is 79.6 Å². The van der Waals surface area contributed by atoms with Crippen molar-refractivity contribution in [1.29, 1.82) is 0 Å². The minimum Gasteiger partial charge on any atom is -0.352 e. The number of nitrogens with one attached hydrogen (secondary N) is 1. The Morgan fingerprint density at radius 2 is 1.78 bits per heavy atom. The zero-order valence-electron chi connectivity index (χ0n) is 15.5. The van der Waals surface area contributed by atoms with Crippen LogP contribution in [0.25, 0.3) is 0 Å². The summed E-state index contributed by atoms with van der Waals surface area (Å²) in [6.07, 6.45) is 0.409. The first-order chi connectivity index (χ1) is 10.6. The third-order valence-electron chi connectivity index (χ3n) is 4.06. The monoisotopic (exact) mass is 342 g/mol. The van der Waals surface area contributed by atoms with Crippen molar-refractivity contribution in [2.24, 2.45) is 0 Å². The lowest BCUT2D eigenvalue weighted by molar-refractivity contribution is -0.122. The molecule has 0 unspecified atom stereocenters. The maximum Gasteiger partial charge on any atom is 0.222 e. The number of aryl methyl sites for hydroxylation is 2. The highest BCUT2D eigenvalue weighted by molar-refractivity contribution is 6.31. The van der Waals surface area contributed by atoms with Gasteiger partial charge < -0.3 is 5.32 Å². The summed E-state index contributed by atoms with van der Waals surface area (Å²) in [7, 11) is 0. The van der Waals surface area contributed by atoms with Crippen LogP contribution in [0.3, 0.4) is 0 Å². The van der Waals surface area contributed by atoms with Crippen LogP contribution in [0, 0.1) is 13.8 Å². The number of carbonyl (C=O) groups is 1. The molecule has 6 heteroatoms. The Balaban J connectivity index is 2.48. The summed E-state index contributed by atoms with van der Waals surface area (Å²) in [6, 6.07) is 1.05. The zero-order valence-corrected chi connectivity index (χ0v) is 16.2. The van der Waals surface area contributed by atoms with Crippen LogP contribution < -0.4 is 5.32 Å². The molecule has 1 rings (SSSR count). The number of halogens is 1. The smallest absolute Gasteiger partial charge is 0.222 e. The van der Waals surface area contributed by atoms with Crippen LogP contribution in [0.1, 0.15) is 52.4 Å². The van der Waals surface area contributed by atoms with Gasteiger partial charge in [-0.1, -0.05) is 11.6 Å². The molecule has 1 aromatic heterocycles. The second-order valence-corrected chi connectivity index (χ2v) is 7.19. The molecule has 0 spiro atoms. The lowest BCUT2D eigenvalue weighted by atomic mass is 10.2. The predicted octanol–water partition coefficient (Wildman–Crippen LogP) is 3.17. The van der Waals surface area contributed by atoms with Gasteiger partial charge in [0.1, 0.15) is 0 Å². The van der Waals surface area contributed by atoms with Crippen LogP contribution >= 0.6 is 11.6 Å². The summed E-state index contributed by atoms with van der Waals surface area (Å²) in [5.74, 6) is 0.0497. The average Bonchev–Trinajstić information content (AvgIpc) is 2.69. The molecule has 23 heavy (non-hydrogen) atoms. The van der Waals surface area contributed by atoms with E-state index in [4.69, 9.17) is 11.6 Å². The Labute approximate surface area is 145 Å². The summed E-state index contributed by atoms with van der Waals surface area (Å²) in [5.41, 5.74) is 1.72. The first kappa shape index (κ1) is 20.0. The number of nitrogens with zero attached hydrogens (tertiary/aromatic N) is 3. The van der Waals surface area contributed by atoms with Crippen molar-refractivity contribution in [3.63, 3.8) is 0 Å². The van der Waals surface area contributed by atoms with Gasteiger partial charge >= 0.3 is 0 Å². The Bertz CT molecular complexity index is 517. The molecule has 0 bridgehead atoms. The van der Waals surface area contributed by atoms with E-state index < -0.39 is 0 Å². The third-order valence-corrected chi connectivity index (χ3v) is 4.61. The van der Waals surface area contributed by atoms with Gasteiger partial charge in [-0.3, -0.25) is 14.4 Å². The highest BCUT2D eigenvalue weighted by Crippen LogP contribution is 2.18. The van der Waals surface area contributed by atoms with E-state index in [9.17, 15) is 4.79 Å². The lowest BCUT2D eigenvalue weighted by Gasteiger charge is -2.33. The van der Waals surface area contributed by atoms with Gasteiger partial charge in [0.05, 0.1) is 23.0 Å². The number of aromatic nitrogens is 2. The fourth-order valence-corrected chi connectivity index (χ4v) is 2.96. The number of hydrogen-bond donors (Lipinski definition) is 1. The second-order valence-electron chi connectivity index (χ2n) is 6.81. The number of rotatable bonds is 8. The third kappa shape index (κ3) is 5.81. The van der Waals surface area contributed by atoms with Gasteiger partial charge in [0, 0.05) is 31.1 Å². The van der Waals surface area contributed by atoms with Crippen molar-refractivity contribution >= 4 is 17.5 Å². The molecule has 0 aliphatic heterocycles. The lowest BCUT2D eigenvalue weighted by Crippen LogP contribution is -2.47. The van der Waals surface area contributed by atoms with Gasteiger partial charge in [-0.05, 0) is 48.5 Å². The Kier molecular flexibility index (Phi) is 7.55. The molecule has 1 N–H and O–H groups in total. The summed E-state index contributed by atoms with van der Waals surface area (Å²) >= 11 is 6.13. The van der Waals surface area contributed by atoms with E-state index >= 15 is 0 Å². The van der Waals surface area contributed by atoms with Crippen LogP contribution in [-0.4, -0.2) is 45.3 Å². The maximum atomic E-state index is 12.1. The Hall–Kier alpha value is -1.07. The molecule has 1 heterocycles. The molecule has 1 aromatic rings. The molecule has 0 aliphatic carbocycles. The van der Waals surface area contributed by atoms with E-state index in [1.807, 2.05) is 13.8 Å². The standard InChI is InChI=1S/C17H31ClN4O/c1-11(2)21(12(3)4)10-13(5)19-16(23)8-9-22-15(7)17(18)14(6)20-22/h11-13H,8-10H2,1-7H3,(H,19,23)/t13-/m1/s1. The van der Waals surface area contributed by atoms with Crippen LogP contribution in [-0.2, 0) is 11.3 Å². The van der Waals surface area contributed by atoms with Crippen molar-refractivity contribution in [1.82, 2.24) is 20.0 Å². The topological polar surface area (TPSA) is 50.2 Å². The zero-order chi connectivity index (χ0) is 17.7.